The number of aliphatic hydroxyl groups is 1. The molecule has 2 amide bonds. The van der Waals surface area contributed by atoms with E-state index in [2.05, 4.69) is 19.8 Å². The van der Waals surface area contributed by atoms with Gasteiger partial charge in [-0.15, -0.1) is 14.5 Å². The van der Waals surface area contributed by atoms with Crippen molar-refractivity contribution in [3.63, 3.8) is 0 Å². The molecule has 0 aromatic carbocycles. The smallest absolute Gasteiger partial charge is 0.418 e. The number of piperidine rings is 1. The van der Waals surface area contributed by atoms with Crippen LogP contribution in [-0.4, -0.2) is 68.5 Å². The molecular formula is C12H19N7O7S. The normalized spacial score (nSPS) is 24.8. The monoisotopic (exact) mass is 405 g/mol. The van der Waals surface area contributed by atoms with Crippen LogP contribution in [0.15, 0.2) is 4.42 Å². The predicted molar refractivity (Wildman–Crippen MR) is 86.0 cm³/mol. The van der Waals surface area contributed by atoms with Gasteiger partial charge in [0, 0.05) is 6.54 Å². The molecule has 0 saturated carbocycles. The highest BCUT2D eigenvalue weighted by atomic mass is 32.3. The molecule has 2 aliphatic heterocycles. The standard InChI is InChI=1S/C12H19N7O7S/c1-12(21,15-10(13)14)4-8-16-17-9(25-8)7-3-2-6-5-18(7)11(20)19(6)26-27(22,23)24/h6-7,21H,2-5H2,1H3,(H4,13,14,15)(H,22,23,24)/t6-,7+,12?/m1/s1. The van der Waals surface area contributed by atoms with Crippen molar-refractivity contribution in [1.82, 2.24) is 25.5 Å². The fraction of sp³-hybridized carbons (Fsp3) is 0.667. The summed E-state index contributed by atoms with van der Waals surface area (Å²) >= 11 is 0. The molecule has 15 heteroatoms. The zero-order valence-corrected chi connectivity index (χ0v) is 15.0. The molecule has 2 saturated heterocycles. The number of fused-ring (bicyclic) bond motifs is 2. The van der Waals surface area contributed by atoms with Gasteiger partial charge in [0.2, 0.25) is 11.8 Å². The summed E-state index contributed by atoms with van der Waals surface area (Å²) in [6.45, 7) is 1.54. The average Bonchev–Trinajstić information content (AvgIpc) is 3.04. The van der Waals surface area contributed by atoms with Gasteiger partial charge in [0.15, 0.2) is 5.96 Å². The molecule has 0 aliphatic carbocycles. The number of aromatic nitrogens is 2. The van der Waals surface area contributed by atoms with E-state index in [1.165, 1.54) is 11.8 Å². The number of nitrogens with one attached hydrogen (secondary N) is 2. The summed E-state index contributed by atoms with van der Waals surface area (Å²) < 4.78 is 40.5. The van der Waals surface area contributed by atoms with Gasteiger partial charge in [-0.3, -0.25) is 9.96 Å². The molecule has 6 N–H and O–H groups in total. The Morgan fingerprint density at radius 1 is 1.52 bits per heavy atom. The van der Waals surface area contributed by atoms with E-state index in [0.29, 0.717) is 17.9 Å². The molecule has 2 bridgehead atoms. The second-order valence-corrected chi connectivity index (χ2v) is 7.54. The summed E-state index contributed by atoms with van der Waals surface area (Å²) in [6.07, 6.45) is 0.663. The van der Waals surface area contributed by atoms with Gasteiger partial charge in [-0.05, 0) is 19.8 Å². The molecule has 3 heterocycles. The van der Waals surface area contributed by atoms with Crippen molar-refractivity contribution in [2.24, 2.45) is 5.73 Å². The van der Waals surface area contributed by atoms with Crippen molar-refractivity contribution in [3.05, 3.63) is 11.8 Å². The zero-order valence-electron chi connectivity index (χ0n) is 14.2. The first-order valence-electron chi connectivity index (χ1n) is 7.89. The minimum atomic E-state index is -4.82. The number of hydrogen-bond acceptors (Lipinski definition) is 9. The predicted octanol–water partition coefficient (Wildman–Crippen LogP) is -1.52. The van der Waals surface area contributed by atoms with Crippen LogP contribution in [0.2, 0.25) is 0 Å². The maximum atomic E-state index is 12.4. The lowest BCUT2D eigenvalue weighted by atomic mass is 10.0. The summed E-state index contributed by atoms with van der Waals surface area (Å²) in [6, 6.07) is -1.88. The Balaban J connectivity index is 1.73. The summed E-state index contributed by atoms with van der Waals surface area (Å²) in [4.78, 5) is 13.7. The summed E-state index contributed by atoms with van der Waals surface area (Å²) in [7, 11) is -4.82. The number of urea groups is 1. The number of rotatable bonds is 6. The van der Waals surface area contributed by atoms with Crippen molar-refractivity contribution in [3.8, 4) is 0 Å². The lowest BCUT2D eigenvalue weighted by Crippen LogP contribution is -2.50. The zero-order chi connectivity index (χ0) is 20.0. The molecule has 150 valence electrons. The summed E-state index contributed by atoms with van der Waals surface area (Å²) in [5.74, 6) is -0.257. The Bertz CT molecular complexity index is 854. The van der Waals surface area contributed by atoms with Crippen molar-refractivity contribution in [1.29, 1.82) is 5.41 Å². The first-order chi connectivity index (χ1) is 12.5. The van der Waals surface area contributed by atoms with E-state index < -0.39 is 40.2 Å². The van der Waals surface area contributed by atoms with Crippen molar-refractivity contribution in [2.75, 3.05) is 6.54 Å². The molecule has 0 spiro atoms. The third-order valence-electron chi connectivity index (χ3n) is 4.16. The fourth-order valence-corrected chi connectivity index (χ4v) is 3.58. The minimum absolute atomic E-state index is 0.0589. The third kappa shape index (κ3) is 4.26. The molecule has 27 heavy (non-hydrogen) atoms. The number of nitrogens with two attached hydrogens (primary N) is 1. The van der Waals surface area contributed by atoms with Crippen LogP contribution < -0.4 is 11.1 Å². The summed E-state index contributed by atoms with van der Waals surface area (Å²) in [5, 5.41) is 28.0. The second-order valence-electron chi connectivity index (χ2n) is 6.53. The highest BCUT2D eigenvalue weighted by Crippen LogP contribution is 2.38. The van der Waals surface area contributed by atoms with E-state index in [0.717, 1.165) is 0 Å². The first kappa shape index (κ1) is 19.3. The highest BCUT2D eigenvalue weighted by molar-refractivity contribution is 7.80. The molecule has 2 fully saturated rings. The van der Waals surface area contributed by atoms with Crippen molar-refractivity contribution < 1.29 is 31.6 Å². The van der Waals surface area contributed by atoms with Crippen LogP contribution in [0.3, 0.4) is 0 Å². The van der Waals surface area contributed by atoms with E-state index in [-0.39, 0.29) is 24.7 Å². The Morgan fingerprint density at radius 3 is 2.85 bits per heavy atom. The number of nitrogens with zero attached hydrogens (tertiary/aromatic N) is 4. The van der Waals surface area contributed by atoms with Gasteiger partial charge in [-0.25, -0.2) is 4.79 Å². The van der Waals surface area contributed by atoms with E-state index >= 15 is 0 Å². The molecule has 3 rings (SSSR count). The lowest BCUT2D eigenvalue weighted by Gasteiger charge is -2.27. The quantitative estimate of drug-likeness (QED) is 0.159. The van der Waals surface area contributed by atoms with Crippen LogP contribution >= 0.6 is 0 Å². The fourth-order valence-electron chi connectivity index (χ4n) is 3.19. The molecular weight excluding hydrogens is 386 g/mol. The number of hydroxylamine groups is 2. The topological polar surface area (TPSA) is 208 Å². The maximum Gasteiger partial charge on any atom is 0.418 e. The molecule has 3 atom stereocenters. The maximum absolute atomic E-state index is 12.4. The molecule has 1 aromatic heterocycles. The Kier molecular flexibility index (Phi) is 4.71. The van der Waals surface area contributed by atoms with Gasteiger partial charge in [0.25, 0.3) is 0 Å². The minimum Gasteiger partial charge on any atom is -0.423 e. The van der Waals surface area contributed by atoms with Gasteiger partial charge >= 0.3 is 16.4 Å². The summed E-state index contributed by atoms with van der Waals surface area (Å²) in [5.41, 5.74) is 3.61. The molecule has 1 aromatic rings. The molecule has 2 aliphatic rings. The van der Waals surface area contributed by atoms with Gasteiger partial charge in [-0.1, -0.05) is 0 Å². The lowest BCUT2D eigenvalue weighted by molar-refractivity contribution is -0.0317. The largest absolute Gasteiger partial charge is 0.423 e. The van der Waals surface area contributed by atoms with Crippen LogP contribution in [0.4, 0.5) is 4.79 Å². The van der Waals surface area contributed by atoms with Gasteiger partial charge < -0.3 is 25.5 Å². The van der Waals surface area contributed by atoms with Crippen LogP contribution in [-0.2, 0) is 21.1 Å². The molecule has 1 unspecified atom stereocenters. The van der Waals surface area contributed by atoms with Crippen LogP contribution in [0, 0.1) is 5.41 Å². The number of carbonyl (C=O) groups is 1. The molecule has 14 nitrogen and oxygen atoms in total. The Labute approximate surface area is 153 Å². The van der Waals surface area contributed by atoms with Crippen LogP contribution in [0.25, 0.3) is 0 Å². The Morgan fingerprint density at radius 2 is 2.22 bits per heavy atom. The van der Waals surface area contributed by atoms with Crippen molar-refractivity contribution >= 4 is 22.4 Å². The van der Waals surface area contributed by atoms with Crippen LogP contribution in [0.5, 0.6) is 0 Å². The van der Waals surface area contributed by atoms with Gasteiger partial charge in [0.05, 0.1) is 12.5 Å². The van der Waals surface area contributed by atoms with Gasteiger partial charge in [-0.2, -0.15) is 13.5 Å². The van der Waals surface area contributed by atoms with E-state index in [4.69, 9.17) is 20.1 Å². The molecule has 0 radical (unpaired) electrons. The number of carbonyl (C=O) groups excluding carboxylic acids is 1. The number of amides is 2. The number of hydrogen-bond donors (Lipinski definition) is 5. The third-order valence-corrected chi connectivity index (χ3v) is 4.51. The average molecular weight is 405 g/mol. The SMILES string of the molecule is CC(O)(Cc1nnc([C@@H]2CC[C@@H]3CN2C(=O)N3OS(=O)(=O)O)o1)NC(=N)N. The Hall–Kier alpha value is -2.49. The van der Waals surface area contributed by atoms with Crippen molar-refractivity contribution in [2.45, 2.75) is 44.0 Å². The van der Waals surface area contributed by atoms with Gasteiger partial charge in [0.1, 0.15) is 11.8 Å². The van der Waals surface area contributed by atoms with Crippen LogP contribution in [0.1, 0.15) is 37.6 Å². The number of guanidine groups is 1. The first-order valence-corrected chi connectivity index (χ1v) is 9.25. The van der Waals surface area contributed by atoms with E-state index in [1.807, 2.05) is 0 Å². The highest BCUT2D eigenvalue weighted by Gasteiger charge is 2.49. The van der Waals surface area contributed by atoms with E-state index in [1.54, 1.807) is 0 Å². The van der Waals surface area contributed by atoms with E-state index in [9.17, 15) is 18.3 Å². The second kappa shape index (κ2) is 6.59.